The molecule has 0 aliphatic carbocycles. The highest BCUT2D eigenvalue weighted by Crippen LogP contribution is 2.52. The van der Waals surface area contributed by atoms with Crippen molar-refractivity contribution in [2.75, 3.05) is 26.8 Å². The fourth-order valence-electron chi connectivity index (χ4n) is 4.43. The number of carbonyl (C=O) groups is 1. The van der Waals surface area contributed by atoms with Crippen LogP contribution in [0.5, 0.6) is 17.2 Å². The molecule has 4 rings (SSSR count). The molecule has 10 heteroatoms. The van der Waals surface area contributed by atoms with Crippen LogP contribution in [0.2, 0.25) is 0 Å². The molecule has 0 radical (unpaired) electrons. The van der Waals surface area contributed by atoms with E-state index in [-0.39, 0.29) is 34.7 Å². The number of rotatable bonds is 4. The number of benzene rings is 1. The second-order valence-electron chi connectivity index (χ2n) is 7.61. The van der Waals surface area contributed by atoms with Gasteiger partial charge in [0.1, 0.15) is 24.4 Å². The molecule has 0 aromatic heterocycles. The van der Waals surface area contributed by atoms with Crippen molar-refractivity contribution >= 4 is 5.97 Å². The summed E-state index contributed by atoms with van der Waals surface area (Å²) in [7, 11) is 1.27. The number of methoxy groups -OCH3 is 1. The third-order valence-electron chi connectivity index (χ3n) is 5.93. The number of hydrogen-bond donors (Lipinski definition) is 5. The lowest BCUT2D eigenvalue weighted by atomic mass is 9.84. The van der Waals surface area contributed by atoms with E-state index >= 15 is 0 Å². The summed E-state index contributed by atoms with van der Waals surface area (Å²) in [5.41, 5.74) is 0.207. The fourth-order valence-corrected chi connectivity index (χ4v) is 4.43. The Hall–Kier alpha value is -2.11. The topological polar surface area (TPSA) is 149 Å². The molecule has 160 valence electrons. The van der Waals surface area contributed by atoms with Crippen LogP contribution < -0.4 is 4.74 Å². The van der Waals surface area contributed by atoms with Crippen LogP contribution in [0.3, 0.4) is 0 Å². The maximum Gasteiger partial charge on any atom is 0.339 e. The molecule has 0 unspecified atom stereocenters. The molecule has 0 spiro atoms. The van der Waals surface area contributed by atoms with Crippen molar-refractivity contribution in [1.82, 2.24) is 4.90 Å². The summed E-state index contributed by atoms with van der Waals surface area (Å²) < 4.78 is 16.2. The van der Waals surface area contributed by atoms with Crippen LogP contribution in [0.1, 0.15) is 40.4 Å². The van der Waals surface area contributed by atoms with Crippen LogP contribution in [-0.4, -0.2) is 87.6 Å². The van der Waals surface area contributed by atoms with Gasteiger partial charge >= 0.3 is 5.97 Å². The van der Waals surface area contributed by atoms with Crippen molar-refractivity contribution in [3.8, 4) is 17.2 Å². The summed E-state index contributed by atoms with van der Waals surface area (Å²) in [5, 5.41) is 51.5. The molecule has 5 atom stereocenters. The van der Waals surface area contributed by atoms with Gasteiger partial charge in [-0.25, -0.2) is 4.79 Å². The van der Waals surface area contributed by atoms with Crippen molar-refractivity contribution in [1.29, 1.82) is 0 Å². The highest BCUT2D eigenvalue weighted by molar-refractivity contribution is 5.97. The van der Waals surface area contributed by atoms with Gasteiger partial charge in [-0.1, -0.05) is 0 Å². The lowest BCUT2D eigenvalue weighted by Gasteiger charge is -2.45. The Balaban J connectivity index is 1.87. The van der Waals surface area contributed by atoms with Gasteiger partial charge < -0.3 is 39.7 Å². The van der Waals surface area contributed by atoms with E-state index in [1.54, 1.807) is 0 Å². The average Bonchev–Trinajstić information content (AvgIpc) is 3.21. The predicted octanol–water partition coefficient (Wildman–Crippen LogP) is -0.605. The van der Waals surface area contributed by atoms with Crippen LogP contribution in [0, 0.1) is 0 Å². The van der Waals surface area contributed by atoms with Gasteiger partial charge in [0, 0.05) is 17.7 Å². The standard InChI is InChI=1S/C19H25NO9/c1-27-17-12(22)8(6-20-4-2-3-5-20)10-11(14(17)24)16-18(29-19(10)26)15(25)13(23)9(7-21)28-16/h9,13,15-16,18,21-25H,2-7H2,1H3/t9-,13-,15+,16+,18-/m1/s1. The van der Waals surface area contributed by atoms with E-state index in [1.807, 2.05) is 0 Å². The van der Waals surface area contributed by atoms with Crippen LogP contribution in [0.25, 0.3) is 0 Å². The SMILES string of the molecule is COc1c(O)c(CN2CCCC2)c2c(c1O)[C@@H]1O[C@H](CO)[C@@H](O)[C@H](O)[C@H]1OC2=O. The number of ether oxygens (including phenoxy) is 3. The first-order valence-electron chi connectivity index (χ1n) is 9.59. The number of hydrogen-bond acceptors (Lipinski definition) is 10. The number of likely N-dealkylation sites (tertiary alicyclic amines) is 1. The zero-order valence-corrected chi connectivity index (χ0v) is 15.9. The second-order valence-corrected chi connectivity index (χ2v) is 7.61. The number of phenols is 2. The van der Waals surface area contributed by atoms with Gasteiger partial charge in [0.25, 0.3) is 0 Å². The number of carbonyl (C=O) groups excluding carboxylic acids is 1. The van der Waals surface area contributed by atoms with Crippen molar-refractivity contribution in [3.63, 3.8) is 0 Å². The smallest absolute Gasteiger partial charge is 0.339 e. The van der Waals surface area contributed by atoms with Crippen molar-refractivity contribution in [2.45, 2.75) is 49.9 Å². The van der Waals surface area contributed by atoms with Crippen LogP contribution in [0.4, 0.5) is 0 Å². The monoisotopic (exact) mass is 411 g/mol. The van der Waals surface area contributed by atoms with E-state index in [9.17, 15) is 30.3 Å². The van der Waals surface area contributed by atoms with E-state index in [0.29, 0.717) is 0 Å². The molecule has 1 aromatic rings. The summed E-state index contributed by atoms with van der Waals surface area (Å²) >= 11 is 0. The molecule has 2 fully saturated rings. The third-order valence-corrected chi connectivity index (χ3v) is 5.93. The quantitative estimate of drug-likeness (QED) is 0.406. The zero-order chi connectivity index (χ0) is 20.9. The molecule has 0 saturated carbocycles. The molecule has 0 amide bonds. The normalized spacial score (nSPS) is 31.9. The van der Waals surface area contributed by atoms with Crippen molar-refractivity contribution in [2.24, 2.45) is 0 Å². The Morgan fingerprint density at radius 2 is 1.83 bits per heavy atom. The maximum atomic E-state index is 12.8. The van der Waals surface area contributed by atoms with E-state index < -0.39 is 48.8 Å². The minimum absolute atomic E-state index is 0.0134. The minimum Gasteiger partial charge on any atom is -0.504 e. The molecular weight excluding hydrogens is 386 g/mol. The van der Waals surface area contributed by atoms with Gasteiger partial charge in [0.05, 0.1) is 19.3 Å². The highest BCUT2D eigenvalue weighted by Gasteiger charge is 2.53. The van der Waals surface area contributed by atoms with Crippen LogP contribution in [0.15, 0.2) is 0 Å². The molecule has 0 bridgehead atoms. The first kappa shape index (κ1) is 20.2. The number of aliphatic hydroxyl groups excluding tert-OH is 3. The summed E-state index contributed by atoms with van der Waals surface area (Å²) in [6.45, 7) is 1.26. The zero-order valence-electron chi connectivity index (χ0n) is 15.9. The van der Waals surface area contributed by atoms with Crippen LogP contribution >= 0.6 is 0 Å². The van der Waals surface area contributed by atoms with Gasteiger partial charge in [-0.3, -0.25) is 4.90 Å². The Bertz CT molecular complexity index is 808. The number of aromatic hydroxyl groups is 2. The average molecular weight is 411 g/mol. The van der Waals surface area contributed by atoms with E-state index in [0.717, 1.165) is 25.9 Å². The number of phenolic OH excluding ortho intramolecular Hbond substituents is 2. The Morgan fingerprint density at radius 1 is 1.14 bits per heavy atom. The van der Waals surface area contributed by atoms with Crippen molar-refractivity contribution in [3.05, 3.63) is 16.7 Å². The first-order chi connectivity index (χ1) is 13.9. The number of fused-ring (bicyclic) bond motifs is 3. The molecule has 1 aromatic carbocycles. The Kier molecular flexibility index (Phi) is 5.30. The number of esters is 1. The summed E-state index contributed by atoms with van der Waals surface area (Å²) in [4.78, 5) is 14.9. The summed E-state index contributed by atoms with van der Waals surface area (Å²) in [5.74, 6) is -1.92. The van der Waals surface area contributed by atoms with E-state index in [4.69, 9.17) is 14.2 Å². The molecule has 10 nitrogen and oxygen atoms in total. The minimum atomic E-state index is -1.52. The molecular formula is C19H25NO9. The molecule has 29 heavy (non-hydrogen) atoms. The largest absolute Gasteiger partial charge is 0.504 e. The fraction of sp³-hybridized carbons (Fsp3) is 0.632. The second kappa shape index (κ2) is 7.62. The number of nitrogens with zero attached hydrogens (tertiary/aromatic N) is 1. The van der Waals surface area contributed by atoms with Gasteiger partial charge in [-0.2, -0.15) is 0 Å². The van der Waals surface area contributed by atoms with E-state index in [1.165, 1.54) is 7.11 Å². The van der Waals surface area contributed by atoms with Crippen molar-refractivity contribution < 1.29 is 44.5 Å². The molecule has 3 heterocycles. The predicted molar refractivity (Wildman–Crippen MR) is 96.8 cm³/mol. The van der Waals surface area contributed by atoms with Gasteiger partial charge in [-0.15, -0.1) is 0 Å². The summed E-state index contributed by atoms with van der Waals surface area (Å²) in [6.07, 6.45) is -4.57. The van der Waals surface area contributed by atoms with Gasteiger partial charge in [-0.05, 0) is 25.9 Å². The maximum absolute atomic E-state index is 12.8. The lowest BCUT2D eigenvalue weighted by molar-refractivity contribution is -0.235. The molecule has 2 saturated heterocycles. The number of aliphatic hydroxyl groups is 3. The summed E-state index contributed by atoms with van der Waals surface area (Å²) in [6, 6.07) is 0. The lowest BCUT2D eigenvalue weighted by Crippen LogP contribution is -2.58. The van der Waals surface area contributed by atoms with Gasteiger partial charge in [0.15, 0.2) is 17.6 Å². The Labute approximate surface area is 166 Å². The van der Waals surface area contributed by atoms with Crippen LogP contribution in [-0.2, 0) is 16.0 Å². The van der Waals surface area contributed by atoms with E-state index in [2.05, 4.69) is 4.90 Å². The third kappa shape index (κ3) is 3.11. The first-order valence-corrected chi connectivity index (χ1v) is 9.59. The molecule has 3 aliphatic rings. The Morgan fingerprint density at radius 3 is 2.45 bits per heavy atom. The molecule has 3 aliphatic heterocycles. The van der Waals surface area contributed by atoms with Gasteiger partial charge in [0.2, 0.25) is 5.75 Å². The molecule has 5 N–H and O–H groups in total. The highest BCUT2D eigenvalue weighted by atomic mass is 16.6.